The van der Waals surface area contributed by atoms with E-state index >= 15 is 0 Å². The molecule has 0 radical (unpaired) electrons. The van der Waals surface area contributed by atoms with Crippen molar-refractivity contribution in [3.8, 4) is 5.75 Å². The molecule has 3 aliphatic heterocycles. The van der Waals surface area contributed by atoms with Crippen molar-refractivity contribution >= 4 is 40.6 Å². The van der Waals surface area contributed by atoms with Crippen LogP contribution in [0.4, 0.5) is 10.5 Å². The van der Waals surface area contributed by atoms with Gasteiger partial charge in [-0.15, -0.1) is 0 Å². The van der Waals surface area contributed by atoms with E-state index in [1.807, 2.05) is 18.2 Å². The van der Waals surface area contributed by atoms with Crippen LogP contribution in [0, 0.1) is 0 Å². The fourth-order valence-corrected chi connectivity index (χ4v) is 4.98. The van der Waals surface area contributed by atoms with Crippen molar-refractivity contribution in [2.75, 3.05) is 44.7 Å². The lowest BCUT2D eigenvalue weighted by molar-refractivity contribution is -0.135. The Labute approximate surface area is 181 Å². The Morgan fingerprint density at radius 2 is 1.77 bits per heavy atom. The molecule has 0 spiro atoms. The number of methoxy groups -OCH3 is 1. The number of carbonyl (C=O) groups excluding carboxylic acids is 3. The monoisotopic (exact) mass is 429 g/mol. The van der Waals surface area contributed by atoms with Gasteiger partial charge in [0.1, 0.15) is 12.3 Å². The highest BCUT2D eigenvalue weighted by molar-refractivity contribution is 8.18. The number of nitrogens with zero attached hydrogens (tertiary/aromatic N) is 3. The third-order valence-electron chi connectivity index (χ3n) is 5.85. The minimum absolute atomic E-state index is 0.167. The van der Waals surface area contributed by atoms with Gasteiger partial charge < -0.3 is 14.5 Å². The van der Waals surface area contributed by atoms with Gasteiger partial charge in [-0.2, -0.15) is 0 Å². The smallest absolute Gasteiger partial charge is 0.294 e. The van der Waals surface area contributed by atoms with Crippen LogP contribution in [0.25, 0.3) is 6.08 Å². The molecule has 160 valence electrons. The number of piperidine rings is 1. The minimum atomic E-state index is -0.417. The van der Waals surface area contributed by atoms with Crippen LogP contribution in [0.1, 0.15) is 37.7 Å². The van der Waals surface area contributed by atoms with Gasteiger partial charge in [-0.3, -0.25) is 19.3 Å². The SMILES string of the molecule is COc1cc(N2CCCCC2)ccc1/C=C1/SC(=O)N(CC(=O)N2CCCC2)C1=O. The summed E-state index contributed by atoms with van der Waals surface area (Å²) in [6, 6.07) is 5.94. The van der Waals surface area contributed by atoms with Gasteiger partial charge in [0.25, 0.3) is 11.1 Å². The second-order valence-electron chi connectivity index (χ2n) is 7.83. The molecule has 0 saturated carbocycles. The molecule has 30 heavy (non-hydrogen) atoms. The number of rotatable bonds is 5. The number of ether oxygens (including phenoxy) is 1. The zero-order chi connectivity index (χ0) is 21.1. The minimum Gasteiger partial charge on any atom is -0.496 e. The molecule has 1 aromatic carbocycles. The molecule has 8 heteroatoms. The summed E-state index contributed by atoms with van der Waals surface area (Å²) in [5.41, 5.74) is 1.85. The van der Waals surface area contributed by atoms with Crippen molar-refractivity contribution in [2.24, 2.45) is 0 Å². The van der Waals surface area contributed by atoms with E-state index in [-0.39, 0.29) is 12.5 Å². The molecule has 3 fully saturated rings. The van der Waals surface area contributed by atoms with Gasteiger partial charge in [-0.25, -0.2) is 0 Å². The molecule has 3 heterocycles. The van der Waals surface area contributed by atoms with Crippen LogP contribution >= 0.6 is 11.8 Å². The number of amides is 3. The van der Waals surface area contributed by atoms with E-state index in [0.29, 0.717) is 23.7 Å². The van der Waals surface area contributed by atoms with E-state index in [1.54, 1.807) is 18.1 Å². The van der Waals surface area contributed by atoms with Crippen molar-refractivity contribution in [1.82, 2.24) is 9.80 Å². The third-order valence-corrected chi connectivity index (χ3v) is 6.76. The van der Waals surface area contributed by atoms with Crippen LogP contribution < -0.4 is 9.64 Å². The predicted octanol–water partition coefficient (Wildman–Crippen LogP) is 3.34. The van der Waals surface area contributed by atoms with E-state index in [2.05, 4.69) is 4.90 Å². The first-order chi connectivity index (χ1) is 14.6. The summed E-state index contributed by atoms with van der Waals surface area (Å²) >= 11 is 0.874. The van der Waals surface area contributed by atoms with E-state index in [1.165, 1.54) is 19.3 Å². The number of thioether (sulfide) groups is 1. The molecule has 3 saturated heterocycles. The molecule has 0 aromatic heterocycles. The summed E-state index contributed by atoms with van der Waals surface area (Å²) in [7, 11) is 1.60. The van der Waals surface area contributed by atoms with Crippen molar-refractivity contribution < 1.29 is 19.1 Å². The molecular formula is C22H27N3O4S. The van der Waals surface area contributed by atoms with Crippen LogP contribution in [-0.2, 0) is 9.59 Å². The van der Waals surface area contributed by atoms with Gasteiger partial charge in [-0.1, -0.05) is 0 Å². The van der Waals surface area contributed by atoms with Crippen LogP contribution in [0.5, 0.6) is 5.75 Å². The molecule has 0 aliphatic carbocycles. The van der Waals surface area contributed by atoms with E-state index in [0.717, 1.165) is 53.8 Å². The largest absolute Gasteiger partial charge is 0.496 e. The van der Waals surface area contributed by atoms with Gasteiger partial charge in [0.15, 0.2) is 0 Å². The van der Waals surface area contributed by atoms with Crippen LogP contribution in [0.15, 0.2) is 23.1 Å². The average Bonchev–Trinajstić information content (AvgIpc) is 3.40. The topological polar surface area (TPSA) is 70.2 Å². The highest BCUT2D eigenvalue weighted by Gasteiger charge is 2.37. The number of hydrogen-bond acceptors (Lipinski definition) is 6. The van der Waals surface area contributed by atoms with Crippen LogP contribution in [-0.4, -0.2) is 66.7 Å². The first-order valence-electron chi connectivity index (χ1n) is 10.5. The Kier molecular flexibility index (Phi) is 6.32. The number of anilines is 1. The molecule has 3 aliphatic rings. The fourth-order valence-electron chi connectivity index (χ4n) is 4.15. The van der Waals surface area contributed by atoms with E-state index in [9.17, 15) is 14.4 Å². The maximum Gasteiger partial charge on any atom is 0.294 e. The van der Waals surface area contributed by atoms with Crippen LogP contribution in [0.2, 0.25) is 0 Å². The van der Waals surface area contributed by atoms with Crippen LogP contribution in [0.3, 0.4) is 0 Å². The Bertz CT molecular complexity index is 873. The number of benzene rings is 1. The van der Waals surface area contributed by atoms with Gasteiger partial charge in [0.05, 0.1) is 12.0 Å². The summed E-state index contributed by atoms with van der Waals surface area (Å²) < 4.78 is 5.56. The highest BCUT2D eigenvalue weighted by Crippen LogP contribution is 2.35. The molecule has 7 nitrogen and oxygen atoms in total. The maximum absolute atomic E-state index is 12.8. The second-order valence-corrected chi connectivity index (χ2v) is 8.82. The zero-order valence-electron chi connectivity index (χ0n) is 17.3. The molecule has 0 atom stereocenters. The Morgan fingerprint density at radius 1 is 1.07 bits per heavy atom. The summed E-state index contributed by atoms with van der Waals surface area (Å²) in [5.74, 6) is 0.0808. The van der Waals surface area contributed by atoms with E-state index < -0.39 is 11.1 Å². The van der Waals surface area contributed by atoms with Gasteiger partial charge in [0.2, 0.25) is 5.91 Å². The van der Waals surface area contributed by atoms with E-state index in [4.69, 9.17) is 4.74 Å². The van der Waals surface area contributed by atoms with Crippen molar-refractivity contribution in [3.63, 3.8) is 0 Å². The number of hydrogen-bond donors (Lipinski definition) is 0. The summed E-state index contributed by atoms with van der Waals surface area (Å²) in [6.07, 6.45) is 7.27. The number of likely N-dealkylation sites (tertiary alicyclic amines) is 1. The standard InChI is InChI=1S/C22H27N3O4S/c1-29-18-14-17(23-9-3-2-4-10-23)8-7-16(18)13-19-21(27)25(22(28)30-19)15-20(26)24-11-5-6-12-24/h7-8,13-14H,2-6,9-12,15H2,1H3/b19-13+. The average molecular weight is 430 g/mol. The molecular weight excluding hydrogens is 402 g/mol. The maximum atomic E-state index is 12.8. The molecule has 0 N–H and O–H groups in total. The lowest BCUT2D eigenvalue weighted by atomic mass is 10.1. The molecule has 4 rings (SSSR count). The fraction of sp³-hybridized carbons (Fsp3) is 0.500. The first kappa shape index (κ1) is 20.8. The Balaban J connectivity index is 1.50. The molecule has 0 unspecified atom stereocenters. The Hall–Kier alpha value is -2.48. The highest BCUT2D eigenvalue weighted by atomic mass is 32.2. The van der Waals surface area contributed by atoms with Crippen molar-refractivity contribution in [2.45, 2.75) is 32.1 Å². The summed E-state index contributed by atoms with van der Waals surface area (Å²) in [4.78, 5) is 42.9. The number of carbonyl (C=O) groups is 3. The Morgan fingerprint density at radius 3 is 2.47 bits per heavy atom. The molecule has 0 bridgehead atoms. The lowest BCUT2D eigenvalue weighted by Crippen LogP contribution is -2.40. The summed E-state index contributed by atoms with van der Waals surface area (Å²) in [6.45, 7) is 3.28. The van der Waals surface area contributed by atoms with Gasteiger partial charge in [0, 0.05) is 43.5 Å². The van der Waals surface area contributed by atoms with Gasteiger partial charge in [-0.05, 0) is 62.1 Å². The lowest BCUT2D eigenvalue weighted by Gasteiger charge is -2.29. The second kappa shape index (κ2) is 9.12. The molecule has 1 aromatic rings. The number of imide groups is 1. The first-order valence-corrected chi connectivity index (χ1v) is 11.3. The normalized spacial score (nSPS) is 21.1. The quantitative estimate of drug-likeness (QED) is 0.669. The summed E-state index contributed by atoms with van der Waals surface area (Å²) in [5, 5.41) is -0.400. The zero-order valence-corrected chi connectivity index (χ0v) is 18.1. The predicted molar refractivity (Wildman–Crippen MR) is 118 cm³/mol. The van der Waals surface area contributed by atoms with Gasteiger partial charge >= 0.3 is 0 Å². The molecule has 3 amide bonds. The third kappa shape index (κ3) is 4.33. The van der Waals surface area contributed by atoms with Crippen molar-refractivity contribution in [3.05, 3.63) is 28.7 Å². The van der Waals surface area contributed by atoms with Crippen molar-refractivity contribution in [1.29, 1.82) is 0 Å².